The molecule has 2 N–H and O–H groups in total. The Hall–Kier alpha value is -3.08. The third-order valence-corrected chi connectivity index (χ3v) is 7.95. The van der Waals surface area contributed by atoms with E-state index in [1.54, 1.807) is 30.3 Å². The van der Waals surface area contributed by atoms with Gasteiger partial charge in [0, 0.05) is 44.7 Å². The summed E-state index contributed by atoms with van der Waals surface area (Å²) in [7, 11) is -3.54. The molecule has 1 fully saturated rings. The molecule has 0 saturated carbocycles. The van der Waals surface area contributed by atoms with E-state index in [9.17, 15) is 18.0 Å². The molecule has 1 aliphatic rings. The predicted molar refractivity (Wildman–Crippen MR) is 131 cm³/mol. The number of fused-ring (bicyclic) bond motifs is 1. The number of aromatic nitrogens is 2. The number of hydrogen-bond acceptors (Lipinski definition) is 6. The maximum absolute atomic E-state index is 12.9. The first kappa shape index (κ1) is 24.1. The molecule has 3 aromatic rings. The van der Waals surface area contributed by atoms with Gasteiger partial charge in [-0.25, -0.2) is 13.4 Å². The number of benzene rings is 2. The molecular formula is C24H29N5O4S. The van der Waals surface area contributed by atoms with Gasteiger partial charge in [0.05, 0.1) is 15.8 Å². The van der Waals surface area contributed by atoms with Crippen molar-refractivity contribution in [1.82, 2.24) is 19.2 Å². The zero-order valence-electron chi connectivity index (χ0n) is 19.2. The molecule has 1 amide bonds. The fraction of sp³-hybridized carbons (Fsp3) is 0.375. The van der Waals surface area contributed by atoms with Crippen molar-refractivity contribution < 1.29 is 13.2 Å². The van der Waals surface area contributed by atoms with E-state index in [2.05, 4.69) is 27.1 Å². The predicted octanol–water partition coefficient (Wildman–Crippen LogP) is 2.21. The number of amides is 1. The van der Waals surface area contributed by atoms with Gasteiger partial charge in [-0.3, -0.25) is 9.59 Å². The number of H-pyrrole nitrogens is 1. The third kappa shape index (κ3) is 5.52. The van der Waals surface area contributed by atoms with E-state index in [1.165, 1.54) is 16.4 Å². The summed E-state index contributed by atoms with van der Waals surface area (Å²) in [6.07, 6.45) is 1.23. The van der Waals surface area contributed by atoms with E-state index < -0.39 is 10.0 Å². The standard InChI is InChI=1S/C24H29N5O4S/c1-2-28-14-16-29(17-15-28)34(32,33)19-12-10-18(11-13-19)25-23(30)9-5-8-22-26-21-7-4-3-6-20(21)24(31)27-22/h3-4,6-7,10-13H,2,5,8-9,14-17H2,1H3,(H,25,30)(H,26,27,31). The number of piperazine rings is 1. The number of anilines is 1. The molecule has 1 aliphatic heterocycles. The summed E-state index contributed by atoms with van der Waals surface area (Å²) in [4.78, 5) is 34.1. The Balaban J connectivity index is 1.29. The summed E-state index contributed by atoms with van der Waals surface area (Å²) in [6, 6.07) is 13.4. The van der Waals surface area contributed by atoms with Crippen molar-refractivity contribution in [2.24, 2.45) is 0 Å². The van der Waals surface area contributed by atoms with E-state index in [0.717, 1.165) is 19.6 Å². The zero-order chi connectivity index (χ0) is 24.1. The number of carbonyl (C=O) groups excluding carboxylic acids is 1. The van der Waals surface area contributed by atoms with Crippen LogP contribution in [0.3, 0.4) is 0 Å². The van der Waals surface area contributed by atoms with E-state index >= 15 is 0 Å². The summed E-state index contributed by atoms with van der Waals surface area (Å²) in [6.45, 7) is 5.40. The summed E-state index contributed by atoms with van der Waals surface area (Å²) in [5, 5.41) is 3.33. The Bertz CT molecular complexity index is 1310. The van der Waals surface area contributed by atoms with Crippen molar-refractivity contribution >= 4 is 32.5 Å². The maximum atomic E-state index is 12.9. The van der Waals surface area contributed by atoms with E-state index in [1.807, 2.05) is 6.07 Å². The second kappa shape index (κ2) is 10.5. The number of hydrogen-bond donors (Lipinski definition) is 2. The molecule has 0 radical (unpaired) electrons. The summed E-state index contributed by atoms with van der Waals surface area (Å²) >= 11 is 0. The molecule has 0 spiro atoms. The fourth-order valence-electron chi connectivity index (χ4n) is 4.04. The quantitative estimate of drug-likeness (QED) is 0.508. The molecule has 1 saturated heterocycles. The van der Waals surface area contributed by atoms with Gasteiger partial charge in [-0.2, -0.15) is 4.31 Å². The van der Waals surface area contributed by atoms with Crippen molar-refractivity contribution in [2.45, 2.75) is 31.1 Å². The van der Waals surface area contributed by atoms with Crippen molar-refractivity contribution in [3.8, 4) is 0 Å². The fourth-order valence-corrected chi connectivity index (χ4v) is 5.46. The zero-order valence-corrected chi connectivity index (χ0v) is 20.0. The number of carbonyl (C=O) groups is 1. The highest BCUT2D eigenvalue weighted by Crippen LogP contribution is 2.20. The maximum Gasteiger partial charge on any atom is 0.258 e. The number of para-hydroxylation sites is 1. The number of aryl methyl sites for hydroxylation is 1. The molecule has 0 unspecified atom stereocenters. The van der Waals surface area contributed by atoms with Crippen LogP contribution in [-0.4, -0.2) is 66.2 Å². The van der Waals surface area contributed by atoms with Gasteiger partial charge in [0.2, 0.25) is 15.9 Å². The molecule has 0 aliphatic carbocycles. The third-order valence-electron chi connectivity index (χ3n) is 6.03. The minimum atomic E-state index is -3.54. The summed E-state index contributed by atoms with van der Waals surface area (Å²) in [5.74, 6) is 0.361. The van der Waals surface area contributed by atoms with Gasteiger partial charge in [-0.1, -0.05) is 19.1 Å². The number of aromatic amines is 1. The highest BCUT2D eigenvalue weighted by molar-refractivity contribution is 7.89. The number of nitrogens with one attached hydrogen (secondary N) is 2. The molecule has 10 heteroatoms. The van der Waals surface area contributed by atoms with Crippen LogP contribution in [0.4, 0.5) is 5.69 Å². The Morgan fingerprint density at radius 3 is 2.47 bits per heavy atom. The largest absolute Gasteiger partial charge is 0.326 e. The molecule has 0 atom stereocenters. The molecule has 4 rings (SSSR count). The van der Waals surface area contributed by atoms with Gasteiger partial charge in [0.25, 0.3) is 5.56 Å². The van der Waals surface area contributed by atoms with Crippen molar-refractivity contribution in [1.29, 1.82) is 0 Å². The minimum Gasteiger partial charge on any atom is -0.326 e. The Kier molecular flexibility index (Phi) is 7.40. The van der Waals surface area contributed by atoms with Gasteiger partial charge >= 0.3 is 0 Å². The van der Waals surface area contributed by atoms with Crippen LogP contribution in [0.5, 0.6) is 0 Å². The number of nitrogens with zero attached hydrogens (tertiary/aromatic N) is 3. The van der Waals surface area contributed by atoms with Crippen LogP contribution in [0.1, 0.15) is 25.6 Å². The highest BCUT2D eigenvalue weighted by Gasteiger charge is 2.27. The number of sulfonamides is 1. The molecule has 2 heterocycles. The molecule has 1 aromatic heterocycles. The van der Waals surface area contributed by atoms with E-state index in [4.69, 9.17) is 0 Å². The molecule has 34 heavy (non-hydrogen) atoms. The van der Waals surface area contributed by atoms with Crippen LogP contribution in [0, 0.1) is 0 Å². The van der Waals surface area contributed by atoms with Crippen LogP contribution in [0.15, 0.2) is 58.2 Å². The lowest BCUT2D eigenvalue weighted by Gasteiger charge is -2.33. The first-order valence-electron chi connectivity index (χ1n) is 11.5. The second-order valence-corrected chi connectivity index (χ2v) is 10.2. The lowest BCUT2D eigenvalue weighted by Crippen LogP contribution is -2.48. The second-order valence-electron chi connectivity index (χ2n) is 8.29. The van der Waals surface area contributed by atoms with Crippen LogP contribution in [-0.2, 0) is 21.2 Å². The topological polar surface area (TPSA) is 115 Å². The van der Waals surface area contributed by atoms with Gasteiger partial charge < -0.3 is 15.2 Å². The van der Waals surface area contributed by atoms with Gasteiger partial charge in [0.15, 0.2) is 0 Å². The Labute approximate surface area is 198 Å². The summed E-state index contributed by atoms with van der Waals surface area (Å²) in [5.41, 5.74) is 0.984. The minimum absolute atomic E-state index is 0.186. The highest BCUT2D eigenvalue weighted by atomic mass is 32.2. The first-order chi connectivity index (χ1) is 16.4. The smallest absolute Gasteiger partial charge is 0.258 e. The number of rotatable bonds is 8. The number of likely N-dealkylation sites (N-methyl/N-ethyl adjacent to an activating group) is 1. The molecule has 9 nitrogen and oxygen atoms in total. The average Bonchev–Trinajstić information content (AvgIpc) is 2.84. The van der Waals surface area contributed by atoms with Gasteiger partial charge in [-0.15, -0.1) is 0 Å². The van der Waals surface area contributed by atoms with Crippen LogP contribution < -0.4 is 10.9 Å². The lowest BCUT2D eigenvalue weighted by atomic mass is 10.2. The van der Waals surface area contributed by atoms with E-state index in [0.29, 0.717) is 48.3 Å². The molecule has 2 aromatic carbocycles. The summed E-state index contributed by atoms with van der Waals surface area (Å²) < 4.78 is 27.3. The van der Waals surface area contributed by atoms with Crippen molar-refractivity contribution in [3.63, 3.8) is 0 Å². The monoisotopic (exact) mass is 483 g/mol. The van der Waals surface area contributed by atoms with E-state index in [-0.39, 0.29) is 22.8 Å². The van der Waals surface area contributed by atoms with Crippen LogP contribution in [0.2, 0.25) is 0 Å². The van der Waals surface area contributed by atoms with Gasteiger partial charge in [0.1, 0.15) is 5.82 Å². The van der Waals surface area contributed by atoms with Crippen molar-refractivity contribution in [3.05, 3.63) is 64.7 Å². The molecule has 0 bridgehead atoms. The molecule has 180 valence electrons. The normalized spacial score (nSPS) is 15.4. The lowest BCUT2D eigenvalue weighted by molar-refractivity contribution is -0.116. The van der Waals surface area contributed by atoms with Crippen LogP contribution in [0.25, 0.3) is 10.9 Å². The van der Waals surface area contributed by atoms with Gasteiger partial charge in [-0.05, 0) is 49.4 Å². The first-order valence-corrected chi connectivity index (χ1v) is 12.9. The Morgan fingerprint density at radius 2 is 1.76 bits per heavy atom. The van der Waals surface area contributed by atoms with Crippen LogP contribution >= 0.6 is 0 Å². The molecular weight excluding hydrogens is 454 g/mol. The Morgan fingerprint density at radius 1 is 1.06 bits per heavy atom. The average molecular weight is 484 g/mol. The van der Waals surface area contributed by atoms with Crippen molar-refractivity contribution in [2.75, 3.05) is 38.0 Å². The SMILES string of the molecule is CCN1CCN(S(=O)(=O)c2ccc(NC(=O)CCCc3nc4ccccc4c(=O)[nH]3)cc2)CC1.